The van der Waals surface area contributed by atoms with Crippen LogP contribution in [0, 0.1) is 0 Å². The van der Waals surface area contributed by atoms with Crippen molar-refractivity contribution in [2.24, 2.45) is 0 Å². The predicted octanol–water partition coefficient (Wildman–Crippen LogP) is 2.16. The quantitative estimate of drug-likeness (QED) is 0.934. The van der Waals surface area contributed by atoms with Crippen LogP contribution in [0.3, 0.4) is 0 Å². The number of aromatic amines is 1. The number of likely N-dealkylation sites (tertiary alicyclic amines) is 1. The van der Waals surface area contributed by atoms with Gasteiger partial charge in [0, 0.05) is 11.4 Å². The molecule has 1 amide bonds. The van der Waals surface area contributed by atoms with Gasteiger partial charge in [0.15, 0.2) is 0 Å². The van der Waals surface area contributed by atoms with Crippen LogP contribution in [0.1, 0.15) is 36.0 Å². The Labute approximate surface area is 115 Å². The van der Waals surface area contributed by atoms with Crippen molar-refractivity contribution in [1.82, 2.24) is 20.1 Å². The molecule has 19 heavy (non-hydrogen) atoms. The largest absolute Gasteiger partial charge is 0.332 e. The molecular formula is C13H16N4OS. The smallest absolute Gasteiger partial charge is 0.228 e. The molecule has 1 saturated heterocycles. The second kappa shape index (κ2) is 5.52. The third kappa shape index (κ3) is 2.68. The van der Waals surface area contributed by atoms with Crippen molar-refractivity contribution in [3.8, 4) is 0 Å². The highest BCUT2D eigenvalue weighted by atomic mass is 32.1. The standard InChI is InChI=1S/C13H16N4OS/c18-12(8-10-4-3-7-19-10)17-6-2-1-5-11(17)13-14-9-15-16-13/h3-4,7,9,11H,1-2,5-6,8H2,(H,14,15,16)/t11-/m1/s1. The van der Waals surface area contributed by atoms with Crippen molar-refractivity contribution in [1.29, 1.82) is 0 Å². The maximum Gasteiger partial charge on any atom is 0.228 e. The van der Waals surface area contributed by atoms with Crippen molar-refractivity contribution in [3.63, 3.8) is 0 Å². The molecule has 5 nitrogen and oxygen atoms in total. The highest BCUT2D eigenvalue weighted by Gasteiger charge is 2.29. The number of thiophene rings is 1. The number of aromatic nitrogens is 3. The van der Waals surface area contributed by atoms with Crippen LogP contribution in [0.25, 0.3) is 0 Å². The summed E-state index contributed by atoms with van der Waals surface area (Å²) in [7, 11) is 0. The second-order valence-electron chi connectivity index (χ2n) is 4.73. The molecule has 3 heterocycles. The summed E-state index contributed by atoms with van der Waals surface area (Å²) in [6.07, 6.45) is 5.16. The molecule has 2 aromatic rings. The van der Waals surface area contributed by atoms with Crippen molar-refractivity contribution in [2.75, 3.05) is 6.54 Å². The summed E-state index contributed by atoms with van der Waals surface area (Å²) in [5.41, 5.74) is 0. The number of hydrogen-bond acceptors (Lipinski definition) is 4. The van der Waals surface area contributed by atoms with E-state index in [-0.39, 0.29) is 11.9 Å². The van der Waals surface area contributed by atoms with Crippen molar-refractivity contribution in [3.05, 3.63) is 34.5 Å². The Bertz CT molecular complexity index is 523. The minimum absolute atomic E-state index is 0.0590. The molecule has 1 aliphatic rings. The summed E-state index contributed by atoms with van der Waals surface area (Å²) < 4.78 is 0. The first kappa shape index (κ1) is 12.3. The number of carbonyl (C=O) groups excluding carboxylic acids is 1. The zero-order valence-corrected chi connectivity index (χ0v) is 11.4. The zero-order valence-electron chi connectivity index (χ0n) is 10.6. The summed E-state index contributed by atoms with van der Waals surface area (Å²) in [6, 6.07) is 4.05. The molecule has 3 rings (SSSR count). The van der Waals surface area contributed by atoms with Gasteiger partial charge in [-0.05, 0) is 30.7 Å². The maximum absolute atomic E-state index is 12.4. The highest BCUT2D eigenvalue weighted by Crippen LogP contribution is 2.29. The van der Waals surface area contributed by atoms with Crippen LogP contribution < -0.4 is 0 Å². The van der Waals surface area contributed by atoms with Gasteiger partial charge in [-0.1, -0.05) is 6.07 Å². The topological polar surface area (TPSA) is 61.9 Å². The summed E-state index contributed by atoms with van der Waals surface area (Å²) >= 11 is 1.63. The van der Waals surface area contributed by atoms with Crippen LogP contribution in [0.2, 0.25) is 0 Å². The van der Waals surface area contributed by atoms with Gasteiger partial charge in [-0.3, -0.25) is 9.89 Å². The minimum Gasteiger partial charge on any atom is -0.332 e. The van der Waals surface area contributed by atoms with Crippen molar-refractivity contribution < 1.29 is 4.79 Å². The van der Waals surface area contributed by atoms with E-state index in [1.54, 1.807) is 11.3 Å². The molecular weight excluding hydrogens is 260 g/mol. The molecule has 2 aromatic heterocycles. The monoisotopic (exact) mass is 276 g/mol. The first-order chi connectivity index (χ1) is 9.34. The molecule has 0 bridgehead atoms. The molecule has 1 atom stereocenters. The van der Waals surface area contributed by atoms with Gasteiger partial charge in [0.1, 0.15) is 12.2 Å². The molecule has 1 fully saturated rings. The van der Waals surface area contributed by atoms with Crippen LogP contribution in [0.15, 0.2) is 23.8 Å². The maximum atomic E-state index is 12.4. The van der Waals surface area contributed by atoms with E-state index in [4.69, 9.17) is 0 Å². The van der Waals surface area contributed by atoms with Crippen LogP contribution >= 0.6 is 11.3 Å². The van der Waals surface area contributed by atoms with E-state index in [0.29, 0.717) is 6.42 Å². The fourth-order valence-corrected chi connectivity index (χ4v) is 3.25. The summed E-state index contributed by atoms with van der Waals surface area (Å²) in [6.45, 7) is 0.815. The van der Waals surface area contributed by atoms with Crippen LogP contribution in [-0.4, -0.2) is 32.5 Å². The van der Waals surface area contributed by atoms with E-state index >= 15 is 0 Å². The number of nitrogens with zero attached hydrogens (tertiary/aromatic N) is 3. The van der Waals surface area contributed by atoms with Gasteiger partial charge in [0.2, 0.25) is 5.91 Å². The summed E-state index contributed by atoms with van der Waals surface area (Å²) in [5.74, 6) is 0.989. The van der Waals surface area contributed by atoms with E-state index in [2.05, 4.69) is 15.2 Å². The van der Waals surface area contributed by atoms with Gasteiger partial charge >= 0.3 is 0 Å². The number of H-pyrrole nitrogens is 1. The molecule has 0 saturated carbocycles. The van der Waals surface area contributed by atoms with Gasteiger partial charge in [-0.15, -0.1) is 11.3 Å². The lowest BCUT2D eigenvalue weighted by Crippen LogP contribution is -2.39. The SMILES string of the molecule is O=C(Cc1cccs1)N1CCCC[C@@H]1c1ncn[nH]1. The Morgan fingerprint density at radius 1 is 1.53 bits per heavy atom. The number of carbonyl (C=O) groups is 1. The predicted molar refractivity (Wildman–Crippen MR) is 72.7 cm³/mol. The average molecular weight is 276 g/mol. The van der Waals surface area contributed by atoms with Crippen molar-refractivity contribution in [2.45, 2.75) is 31.7 Å². The molecule has 0 aliphatic carbocycles. The Kier molecular flexibility index (Phi) is 3.59. The van der Waals surface area contributed by atoms with Crippen LogP contribution in [-0.2, 0) is 11.2 Å². The van der Waals surface area contributed by atoms with Gasteiger partial charge in [0.25, 0.3) is 0 Å². The number of nitrogens with one attached hydrogen (secondary N) is 1. The number of amides is 1. The molecule has 1 N–H and O–H groups in total. The Morgan fingerprint density at radius 2 is 2.47 bits per heavy atom. The Hall–Kier alpha value is -1.69. The molecule has 0 radical (unpaired) electrons. The van der Waals surface area contributed by atoms with Gasteiger partial charge in [0.05, 0.1) is 12.5 Å². The lowest BCUT2D eigenvalue weighted by molar-refractivity contribution is -0.134. The number of piperidine rings is 1. The minimum atomic E-state index is 0.0590. The number of hydrogen-bond donors (Lipinski definition) is 1. The molecule has 0 spiro atoms. The molecule has 6 heteroatoms. The van der Waals surface area contributed by atoms with Gasteiger partial charge < -0.3 is 4.90 Å². The highest BCUT2D eigenvalue weighted by molar-refractivity contribution is 7.10. The van der Waals surface area contributed by atoms with E-state index < -0.39 is 0 Å². The fraction of sp³-hybridized carbons (Fsp3) is 0.462. The van der Waals surface area contributed by atoms with E-state index in [1.807, 2.05) is 22.4 Å². The van der Waals surface area contributed by atoms with Gasteiger partial charge in [-0.25, -0.2) is 4.98 Å². The summed E-state index contributed by atoms with van der Waals surface area (Å²) in [4.78, 5) is 19.7. The first-order valence-electron chi connectivity index (χ1n) is 6.51. The van der Waals surface area contributed by atoms with Crippen LogP contribution in [0.4, 0.5) is 0 Å². The number of rotatable bonds is 3. The third-order valence-corrected chi connectivity index (χ3v) is 4.35. The van der Waals surface area contributed by atoms with Crippen molar-refractivity contribution >= 4 is 17.2 Å². The third-order valence-electron chi connectivity index (χ3n) is 3.48. The van der Waals surface area contributed by atoms with Gasteiger partial charge in [-0.2, -0.15) is 5.10 Å². The van der Waals surface area contributed by atoms with Crippen LogP contribution in [0.5, 0.6) is 0 Å². The molecule has 1 aliphatic heterocycles. The van der Waals surface area contributed by atoms with E-state index in [0.717, 1.165) is 36.5 Å². The molecule has 100 valence electrons. The lowest BCUT2D eigenvalue weighted by Gasteiger charge is -2.34. The first-order valence-corrected chi connectivity index (χ1v) is 7.39. The molecule has 0 unspecified atom stereocenters. The second-order valence-corrected chi connectivity index (χ2v) is 5.76. The lowest BCUT2D eigenvalue weighted by atomic mass is 10.0. The zero-order chi connectivity index (χ0) is 13.1. The Balaban J connectivity index is 1.75. The van der Waals surface area contributed by atoms with E-state index in [1.165, 1.54) is 6.33 Å². The summed E-state index contributed by atoms with van der Waals surface area (Å²) in [5, 5.41) is 8.80. The fourth-order valence-electron chi connectivity index (χ4n) is 2.55. The Morgan fingerprint density at radius 3 is 3.21 bits per heavy atom. The average Bonchev–Trinajstić information content (AvgIpc) is 3.11. The molecule has 0 aromatic carbocycles. The normalized spacial score (nSPS) is 19.6. The van der Waals surface area contributed by atoms with E-state index in [9.17, 15) is 4.79 Å².